The Morgan fingerprint density at radius 2 is 2.25 bits per heavy atom. The number of carbonyl (C=O) groups is 1. The van der Waals surface area contributed by atoms with Crippen LogP contribution in [0.4, 0.5) is 5.13 Å². The molecule has 1 heterocycles. The SMILES string of the molecule is CCC(CC(=O)O)Nc1nc(C(C)C)ns1. The lowest BCUT2D eigenvalue weighted by atomic mass is 10.1. The van der Waals surface area contributed by atoms with Crippen molar-refractivity contribution >= 4 is 22.6 Å². The summed E-state index contributed by atoms with van der Waals surface area (Å²) in [6.07, 6.45) is 0.857. The second-order valence-electron chi connectivity index (χ2n) is 3.96. The zero-order valence-corrected chi connectivity index (χ0v) is 10.5. The Hall–Kier alpha value is -1.17. The maximum Gasteiger partial charge on any atom is 0.305 e. The van der Waals surface area contributed by atoms with Crippen LogP contribution in [0.1, 0.15) is 45.4 Å². The summed E-state index contributed by atoms with van der Waals surface area (Å²) in [6, 6.07) is -0.0783. The van der Waals surface area contributed by atoms with Gasteiger partial charge < -0.3 is 10.4 Å². The highest BCUT2D eigenvalue weighted by atomic mass is 32.1. The molecule has 0 aromatic carbocycles. The van der Waals surface area contributed by atoms with Gasteiger partial charge in [-0.1, -0.05) is 20.8 Å². The molecule has 6 heteroatoms. The first kappa shape index (κ1) is 12.9. The number of nitrogens with zero attached hydrogens (tertiary/aromatic N) is 2. The minimum Gasteiger partial charge on any atom is -0.481 e. The molecule has 0 aliphatic rings. The van der Waals surface area contributed by atoms with Gasteiger partial charge in [0.1, 0.15) is 5.82 Å². The summed E-state index contributed by atoms with van der Waals surface area (Å²) in [4.78, 5) is 14.9. The van der Waals surface area contributed by atoms with E-state index in [9.17, 15) is 4.79 Å². The zero-order valence-electron chi connectivity index (χ0n) is 9.73. The number of nitrogens with one attached hydrogen (secondary N) is 1. The molecule has 1 atom stereocenters. The van der Waals surface area contributed by atoms with E-state index in [0.29, 0.717) is 11.0 Å². The maximum atomic E-state index is 10.6. The van der Waals surface area contributed by atoms with Crippen molar-refractivity contribution in [2.75, 3.05) is 5.32 Å². The van der Waals surface area contributed by atoms with Gasteiger partial charge in [0.05, 0.1) is 6.42 Å². The number of hydrogen-bond acceptors (Lipinski definition) is 5. The molecule has 0 fully saturated rings. The number of rotatable bonds is 6. The summed E-state index contributed by atoms with van der Waals surface area (Å²) in [7, 11) is 0. The second kappa shape index (κ2) is 5.79. The molecule has 1 aromatic heterocycles. The Kier molecular flexibility index (Phi) is 4.67. The van der Waals surface area contributed by atoms with Gasteiger partial charge in [-0.2, -0.15) is 4.37 Å². The van der Waals surface area contributed by atoms with E-state index in [1.54, 1.807) is 0 Å². The monoisotopic (exact) mass is 243 g/mol. The minimum absolute atomic E-state index is 0.0783. The maximum absolute atomic E-state index is 10.6. The van der Waals surface area contributed by atoms with Gasteiger partial charge in [-0.15, -0.1) is 0 Å². The van der Waals surface area contributed by atoms with Crippen molar-refractivity contribution in [2.24, 2.45) is 0 Å². The van der Waals surface area contributed by atoms with Crippen LogP contribution in [0, 0.1) is 0 Å². The number of hydrogen-bond donors (Lipinski definition) is 2. The topological polar surface area (TPSA) is 75.1 Å². The van der Waals surface area contributed by atoms with E-state index in [-0.39, 0.29) is 12.5 Å². The Morgan fingerprint density at radius 3 is 2.69 bits per heavy atom. The molecule has 0 amide bonds. The van der Waals surface area contributed by atoms with Crippen LogP contribution in [0.3, 0.4) is 0 Å². The fourth-order valence-electron chi connectivity index (χ4n) is 1.21. The van der Waals surface area contributed by atoms with Gasteiger partial charge in [-0.3, -0.25) is 4.79 Å². The average molecular weight is 243 g/mol. The lowest BCUT2D eigenvalue weighted by molar-refractivity contribution is -0.137. The largest absolute Gasteiger partial charge is 0.481 e. The van der Waals surface area contributed by atoms with Crippen molar-refractivity contribution in [1.82, 2.24) is 9.36 Å². The molecule has 2 N–H and O–H groups in total. The molecule has 1 rings (SSSR count). The molecule has 0 saturated carbocycles. The van der Waals surface area contributed by atoms with Crippen LogP contribution in [0.2, 0.25) is 0 Å². The first-order chi connectivity index (χ1) is 7.52. The number of aliphatic carboxylic acids is 1. The quantitative estimate of drug-likeness (QED) is 0.802. The fourth-order valence-corrected chi connectivity index (χ4v) is 2.00. The lowest BCUT2D eigenvalue weighted by Gasteiger charge is -2.12. The molecule has 0 bridgehead atoms. The average Bonchev–Trinajstić information content (AvgIpc) is 2.64. The summed E-state index contributed by atoms with van der Waals surface area (Å²) < 4.78 is 4.20. The first-order valence-electron chi connectivity index (χ1n) is 5.34. The molecule has 1 unspecified atom stereocenters. The predicted octanol–water partition coefficient (Wildman–Crippen LogP) is 2.33. The highest BCUT2D eigenvalue weighted by Gasteiger charge is 2.14. The normalized spacial score (nSPS) is 12.8. The molecule has 5 nitrogen and oxygen atoms in total. The minimum atomic E-state index is -0.798. The third kappa shape index (κ3) is 3.77. The molecule has 0 spiro atoms. The fraction of sp³-hybridized carbons (Fsp3) is 0.700. The van der Waals surface area contributed by atoms with Gasteiger partial charge >= 0.3 is 5.97 Å². The van der Waals surface area contributed by atoms with E-state index in [4.69, 9.17) is 5.11 Å². The molecule has 0 aliphatic carbocycles. The predicted molar refractivity (Wildman–Crippen MR) is 64.0 cm³/mol. The van der Waals surface area contributed by atoms with Crippen LogP contribution in [0.15, 0.2) is 0 Å². The first-order valence-corrected chi connectivity index (χ1v) is 6.12. The van der Waals surface area contributed by atoms with E-state index in [1.165, 1.54) is 11.5 Å². The van der Waals surface area contributed by atoms with Crippen LogP contribution >= 0.6 is 11.5 Å². The highest BCUT2D eigenvalue weighted by molar-refractivity contribution is 7.09. The summed E-state index contributed by atoms with van der Waals surface area (Å²) >= 11 is 1.28. The summed E-state index contributed by atoms with van der Waals surface area (Å²) in [5.74, 6) is 0.303. The van der Waals surface area contributed by atoms with Crippen LogP contribution in [-0.4, -0.2) is 26.5 Å². The van der Waals surface area contributed by atoms with Crippen molar-refractivity contribution in [3.63, 3.8) is 0 Å². The third-order valence-electron chi connectivity index (χ3n) is 2.20. The summed E-state index contributed by atoms with van der Waals surface area (Å²) in [5, 5.41) is 12.5. The number of carboxylic acids is 1. The second-order valence-corrected chi connectivity index (χ2v) is 4.71. The van der Waals surface area contributed by atoms with Gasteiger partial charge in [0.25, 0.3) is 0 Å². The van der Waals surface area contributed by atoms with E-state index >= 15 is 0 Å². The van der Waals surface area contributed by atoms with Crippen molar-refractivity contribution in [2.45, 2.75) is 45.6 Å². The van der Waals surface area contributed by atoms with E-state index in [2.05, 4.69) is 14.7 Å². The zero-order chi connectivity index (χ0) is 12.1. The van der Waals surface area contributed by atoms with Crippen LogP contribution in [0.5, 0.6) is 0 Å². The van der Waals surface area contributed by atoms with E-state index in [0.717, 1.165) is 12.2 Å². The van der Waals surface area contributed by atoms with Gasteiger partial charge in [0.15, 0.2) is 0 Å². The molecule has 16 heavy (non-hydrogen) atoms. The molecular formula is C10H17N3O2S. The Balaban J connectivity index is 2.59. The van der Waals surface area contributed by atoms with Crippen molar-refractivity contribution < 1.29 is 9.90 Å². The Bertz CT molecular complexity index is 352. The molecule has 90 valence electrons. The van der Waals surface area contributed by atoms with E-state index in [1.807, 2.05) is 20.8 Å². The van der Waals surface area contributed by atoms with Crippen LogP contribution in [0.25, 0.3) is 0 Å². The molecule has 1 aromatic rings. The van der Waals surface area contributed by atoms with Crippen LogP contribution in [-0.2, 0) is 4.79 Å². The molecular weight excluding hydrogens is 226 g/mol. The van der Waals surface area contributed by atoms with Crippen molar-refractivity contribution in [1.29, 1.82) is 0 Å². The Morgan fingerprint density at radius 1 is 1.56 bits per heavy atom. The summed E-state index contributed by atoms with van der Waals surface area (Å²) in [6.45, 7) is 6.01. The van der Waals surface area contributed by atoms with Gasteiger partial charge in [0, 0.05) is 23.5 Å². The van der Waals surface area contributed by atoms with Crippen molar-refractivity contribution in [3.05, 3.63) is 5.82 Å². The van der Waals surface area contributed by atoms with Crippen LogP contribution < -0.4 is 5.32 Å². The smallest absolute Gasteiger partial charge is 0.305 e. The number of carboxylic acid groups (broad SMARTS) is 1. The molecule has 0 radical (unpaired) electrons. The molecule has 0 saturated heterocycles. The highest BCUT2D eigenvalue weighted by Crippen LogP contribution is 2.19. The molecule has 0 aliphatic heterocycles. The number of anilines is 1. The Labute approximate surface area is 99.1 Å². The van der Waals surface area contributed by atoms with Gasteiger partial charge in [0.2, 0.25) is 5.13 Å². The van der Waals surface area contributed by atoms with Gasteiger partial charge in [-0.25, -0.2) is 4.98 Å². The van der Waals surface area contributed by atoms with Crippen molar-refractivity contribution in [3.8, 4) is 0 Å². The van der Waals surface area contributed by atoms with Gasteiger partial charge in [-0.05, 0) is 6.42 Å². The standard InChI is InChI=1S/C10H17N3O2S/c1-4-7(5-8(14)15)11-10-12-9(6(2)3)13-16-10/h6-7H,4-5H2,1-3H3,(H,14,15)(H,11,12,13). The van der Waals surface area contributed by atoms with E-state index < -0.39 is 5.97 Å². The number of aromatic nitrogens is 2. The summed E-state index contributed by atoms with van der Waals surface area (Å²) in [5.41, 5.74) is 0. The lowest BCUT2D eigenvalue weighted by Crippen LogP contribution is -2.22. The third-order valence-corrected chi connectivity index (χ3v) is 2.86.